The van der Waals surface area contributed by atoms with Crippen LogP contribution in [0, 0.1) is 0 Å². The van der Waals surface area contributed by atoms with E-state index in [-0.39, 0.29) is 11.9 Å². The minimum Gasteiger partial charge on any atom is -0.390 e. The SMILES string of the molecule is CN1C(=O)c2ccccc2N([C@@H]2CCC[C@@H](O)[C@H]2O)c2ccccc21. The molecule has 0 bridgehead atoms. The number of hydrogen-bond donors (Lipinski definition) is 2. The molecule has 0 saturated heterocycles. The molecular formula is C20H22N2O3. The Balaban J connectivity index is 1.95. The van der Waals surface area contributed by atoms with Gasteiger partial charge in [0.1, 0.15) is 6.10 Å². The topological polar surface area (TPSA) is 64.0 Å². The number of aliphatic hydroxyl groups excluding tert-OH is 2. The first kappa shape index (κ1) is 16.1. The molecule has 1 heterocycles. The van der Waals surface area contributed by atoms with Crippen LogP contribution in [0.15, 0.2) is 48.5 Å². The van der Waals surface area contributed by atoms with E-state index in [1.165, 1.54) is 0 Å². The second-order valence-electron chi connectivity index (χ2n) is 6.80. The van der Waals surface area contributed by atoms with Crippen LogP contribution in [0.25, 0.3) is 0 Å². The summed E-state index contributed by atoms with van der Waals surface area (Å²) in [4.78, 5) is 16.7. The third-order valence-corrected chi connectivity index (χ3v) is 5.32. The van der Waals surface area contributed by atoms with Crippen molar-refractivity contribution in [2.24, 2.45) is 0 Å². The van der Waals surface area contributed by atoms with Gasteiger partial charge in [-0.15, -0.1) is 0 Å². The van der Waals surface area contributed by atoms with E-state index >= 15 is 0 Å². The van der Waals surface area contributed by atoms with E-state index in [0.717, 1.165) is 29.9 Å². The fourth-order valence-electron chi connectivity index (χ4n) is 4.01. The molecule has 2 aliphatic rings. The number of anilines is 3. The van der Waals surface area contributed by atoms with Crippen molar-refractivity contribution in [2.45, 2.75) is 37.5 Å². The fraction of sp³-hybridized carbons (Fsp3) is 0.350. The molecule has 0 spiro atoms. The minimum absolute atomic E-state index is 0.0728. The van der Waals surface area contributed by atoms with Gasteiger partial charge in [-0.2, -0.15) is 0 Å². The van der Waals surface area contributed by atoms with Gasteiger partial charge in [0.05, 0.1) is 34.8 Å². The van der Waals surface area contributed by atoms with Crippen LogP contribution in [0.3, 0.4) is 0 Å². The standard InChI is InChI=1S/C20H22N2O3/c1-21-15-9-4-5-10-16(15)22(17-11-6-12-18(23)19(17)24)14-8-3-2-7-13(14)20(21)25/h2-5,7-10,17-19,23-24H,6,11-12H2,1H3/t17-,18-,19+/m1/s1. The monoisotopic (exact) mass is 338 g/mol. The quantitative estimate of drug-likeness (QED) is 0.839. The Morgan fingerprint density at radius 1 is 0.920 bits per heavy atom. The van der Waals surface area contributed by atoms with Crippen LogP contribution in [0.4, 0.5) is 17.1 Å². The lowest BCUT2D eigenvalue weighted by Crippen LogP contribution is -2.49. The van der Waals surface area contributed by atoms with Gasteiger partial charge in [-0.25, -0.2) is 0 Å². The van der Waals surface area contributed by atoms with E-state index in [1.54, 1.807) is 11.9 Å². The number of aliphatic hydroxyl groups is 2. The number of rotatable bonds is 1. The van der Waals surface area contributed by atoms with E-state index < -0.39 is 12.2 Å². The number of benzene rings is 2. The first-order valence-corrected chi connectivity index (χ1v) is 8.71. The van der Waals surface area contributed by atoms with Crippen LogP contribution in [0.1, 0.15) is 29.6 Å². The van der Waals surface area contributed by atoms with Crippen molar-refractivity contribution in [3.63, 3.8) is 0 Å². The van der Waals surface area contributed by atoms with E-state index in [2.05, 4.69) is 0 Å². The zero-order valence-electron chi connectivity index (χ0n) is 14.2. The maximum absolute atomic E-state index is 13.0. The summed E-state index contributed by atoms with van der Waals surface area (Å²) in [5, 5.41) is 20.9. The van der Waals surface area contributed by atoms with Crippen LogP contribution in [-0.2, 0) is 0 Å². The molecule has 2 aromatic carbocycles. The molecule has 25 heavy (non-hydrogen) atoms. The first-order chi connectivity index (χ1) is 12.1. The molecule has 3 atom stereocenters. The molecule has 0 aromatic heterocycles. The van der Waals surface area contributed by atoms with E-state index in [9.17, 15) is 15.0 Å². The van der Waals surface area contributed by atoms with E-state index in [1.807, 2.05) is 53.4 Å². The van der Waals surface area contributed by atoms with Gasteiger partial charge >= 0.3 is 0 Å². The molecule has 2 aromatic rings. The minimum atomic E-state index is -0.853. The molecule has 130 valence electrons. The number of hydrogen-bond acceptors (Lipinski definition) is 4. The molecular weight excluding hydrogens is 316 g/mol. The second kappa shape index (κ2) is 6.17. The third-order valence-electron chi connectivity index (χ3n) is 5.32. The van der Waals surface area contributed by atoms with Gasteiger partial charge in [0.25, 0.3) is 5.91 Å². The molecule has 0 radical (unpaired) electrons. The van der Waals surface area contributed by atoms with Crippen molar-refractivity contribution < 1.29 is 15.0 Å². The van der Waals surface area contributed by atoms with Gasteiger partial charge in [-0.05, 0) is 43.5 Å². The zero-order valence-corrected chi connectivity index (χ0v) is 14.2. The highest BCUT2D eigenvalue weighted by Crippen LogP contribution is 2.43. The van der Waals surface area contributed by atoms with Crippen molar-refractivity contribution in [2.75, 3.05) is 16.8 Å². The van der Waals surface area contributed by atoms with Gasteiger partial charge in [-0.3, -0.25) is 4.79 Å². The van der Waals surface area contributed by atoms with Crippen LogP contribution >= 0.6 is 0 Å². The molecule has 0 unspecified atom stereocenters. The van der Waals surface area contributed by atoms with Crippen LogP contribution in [0.2, 0.25) is 0 Å². The van der Waals surface area contributed by atoms with Crippen molar-refractivity contribution >= 4 is 23.0 Å². The average molecular weight is 338 g/mol. The average Bonchev–Trinajstić information content (AvgIpc) is 2.73. The lowest BCUT2D eigenvalue weighted by Gasteiger charge is -2.41. The summed E-state index contributed by atoms with van der Waals surface area (Å²) in [5.74, 6) is -0.0728. The summed E-state index contributed by atoms with van der Waals surface area (Å²) in [6, 6.07) is 14.9. The molecule has 4 rings (SSSR count). The van der Waals surface area contributed by atoms with Gasteiger partial charge in [0, 0.05) is 7.05 Å². The third kappa shape index (κ3) is 2.51. The van der Waals surface area contributed by atoms with Gasteiger partial charge in [0.15, 0.2) is 0 Å². The van der Waals surface area contributed by atoms with Gasteiger partial charge in [-0.1, -0.05) is 24.3 Å². The summed E-state index contributed by atoms with van der Waals surface area (Å²) in [7, 11) is 1.77. The highest BCUT2D eigenvalue weighted by atomic mass is 16.3. The van der Waals surface area contributed by atoms with Gasteiger partial charge in [0.2, 0.25) is 0 Å². The van der Waals surface area contributed by atoms with Crippen LogP contribution in [-0.4, -0.2) is 41.4 Å². The first-order valence-electron chi connectivity index (χ1n) is 8.71. The zero-order chi connectivity index (χ0) is 17.6. The Hall–Kier alpha value is -2.37. The second-order valence-corrected chi connectivity index (χ2v) is 6.80. The molecule has 1 fully saturated rings. The maximum atomic E-state index is 13.0. The molecule has 1 aliphatic heterocycles. The molecule has 1 amide bonds. The Kier molecular flexibility index (Phi) is 3.98. The number of fused-ring (bicyclic) bond motifs is 2. The molecule has 5 nitrogen and oxygen atoms in total. The molecule has 1 aliphatic carbocycles. The Labute approximate surface area is 147 Å². The van der Waals surface area contributed by atoms with Crippen LogP contribution in [0.5, 0.6) is 0 Å². The van der Waals surface area contributed by atoms with E-state index in [4.69, 9.17) is 0 Å². The smallest absolute Gasteiger partial charge is 0.260 e. The molecule has 2 N–H and O–H groups in total. The van der Waals surface area contributed by atoms with Gasteiger partial charge < -0.3 is 20.0 Å². The highest BCUT2D eigenvalue weighted by Gasteiger charge is 2.39. The summed E-state index contributed by atoms with van der Waals surface area (Å²) in [6.45, 7) is 0. The van der Waals surface area contributed by atoms with E-state index in [0.29, 0.717) is 12.0 Å². The number of carbonyl (C=O) groups excluding carboxylic acids is 1. The Morgan fingerprint density at radius 2 is 1.56 bits per heavy atom. The van der Waals surface area contributed by atoms with Crippen LogP contribution < -0.4 is 9.80 Å². The number of nitrogens with zero attached hydrogens (tertiary/aromatic N) is 2. The number of amides is 1. The fourth-order valence-corrected chi connectivity index (χ4v) is 4.01. The molecule has 1 saturated carbocycles. The maximum Gasteiger partial charge on any atom is 0.260 e. The van der Waals surface area contributed by atoms with Crippen molar-refractivity contribution in [1.82, 2.24) is 0 Å². The van der Waals surface area contributed by atoms with Crippen molar-refractivity contribution in [3.8, 4) is 0 Å². The Bertz CT molecular complexity index is 807. The largest absolute Gasteiger partial charge is 0.390 e. The lowest BCUT2D eigenvalue weighted by atomic mass is 9.88. The highest BCUT2D eigenvalue weighted by molar-refractivity contribution is 6.13. The predicted octanol–water partition coefficient (Wildman–Crippen LogP) is 2.69. The lowest BCUT2D eigenvalue weighted by molar-refractivity contribution is -0.0204. The summed E-state index contributed by atoms with van der Waals surface area (Å²) >= 11 is 0. The summed E-state index contributed by atoms with van der Waals surface area (Å²) < 4.78 is 0. The Morgan fingerprint density at radius 3 is 2.32 bits per heavy atom. The summed E-state index contributed by atoms with van der Waals surface area (Å²) in [6.07, 6.45) is 0.614. The summed E-state index contributed by atoms with van der Waals surface area (Å²) in [5.41, 5.74) is 3.06. The predicted molar refractivity (Wildman–Crippen MR) is 97.4 cm³/mol. The van der Waals surface area contributed by atoms with Crippen molar-refractivity contribution in [3.05, 3.63) is 54.1 Å². The number of carbonyl (C=O) groups is 1. The normalized spacial score (nSPS) is 26.0. The van der Waals surface area contributed by atoms with Crippen molar-refractivity contribution in [1.29, 1.82) is 0 Å². The number of para-hydroxylation sites is 3. The molecule has 5 heteroatoms.